The van der Waals surface area contributed by atoms with Gasteiger partial charge in [0.15, 0.2) is 0 Å². The average Bonchev–Trinajstić information content (AvgIpc) is 3.46. The SMILES string of the molecule is CS(=O)(=O)Nc1cccc(C(CC#N)n2cc(-c3ncnc4[nH]ccc34)cn2)c1.O=C(O)C(F)(F)F. The Morgan fingerprint density at radius 3 is 2.67 bits per heavy atom. The van der Waals surface area contributed by atoms with Crippen LogP contribution in [0.3, 0.4) is 0 Å². The number of aromatic nitrogens is 5. The molecule has 0 aliphatic carbocycles. The summed E-state index contributed by atoms with van der Waals surface area (Å²) in [4.78, 5) is 20.5. The molecular weight excluding hydrogens is 503 g/mol. The first kappa shape index (κ1) is 26.2. The van der Waals surface area contributed by atoms with Crippen LogP contribution in [0.1, 0.15) is 18.0 Å². The molecule has 0 aliphatic rings. The van der Waals surface area contributed by atoms with Gasteiger partial charge in [0.05, 0.1) is 36.7 Å². The van der Waals surface area contributed by atoms with Gasteiger partial charge >= 0.3 is 12.1 Å². The molecule has 4 rings (SSSR count). The molecule has 1 atom stereocenters. The molecule has 0 amide bonds. The van der Waals surface area contributed by atoms with Gasteiger partial charge in [-0.3, -0.25) is 9.40 Å². The van der Waals surface area contributed by atoms with Gasteiger partial charge in [0.25, 0.3) is 0 Å². The van der Waals surface area contributed by atoms with Crippen LogP contribution in [0.5, 0.6) is 0 Å². The maximum absolute atomic E-state index is 11.5. The standard InChI is InChI=1S/C19H17N7O2S.C2HF3O2/c1-29(27,28)25-15-4-2-3-13(9-15)17(5-7-20)26-11-14(10-24-26)18-16-6-8-21-19(16)23-12-22-18;3-2(4,5)1(6)7/h2-4,6,8-12,17,25H,5H2,1H3,(H,21,22,23);(H,6,7). The highest BCUT2D eigenvalue weighted by atomic mass is 32.2. The van der Waals surface area contributed by atoms with Gasteiger partial charge in [0.1, 0.15) is 12.0 Å². The molecule has 4 aromatic rings. The zero-order chi connectivity index (χ0) is 26.5. The Hall–Kier alpha value is -4.45. The maximum atomic E-state index is 11.5. The third kappa shape index (κ3) is 6.57. The first-order chi connectivity index (χ1) is 16.9. The molecule has 3 aromatic heterocycles. The second kappa shape index (κ2) is 10.4. The summed E-state index contributed by atoms with van der Waals surface area (Å²) in [6.45, 7) is 0. The van der Waals surface area contributed by atoms with E-state index in [9.17, 15) is 26.9 Å². The average molecular weight is 521 g/mol. The molecule has 0 saturated carbocycles. The summed E-state index contributed by atoms with van der Waals surface area (Å²) in [6.07, 6.45) is 2.98. The number of nitrogens with zero attached hydrogens (tertiary/aromatic N) is 5. The molecule has 0 spiro atoms. The number of alkyl halides is 3. The van der Waals surface area contributed by atoms with Crippen LogP contribution in [-0.4, -0.2) is 56.7 Å². The Labute approximate surface area is 202 Å². The van der Waals surface area contributed by atoms with Crippen LogP contribution in [-0.2, 0) is 14.8 Å². The maximum Gasteiger partial charge on any atom is 0.490 e. The van der Waals surface area contributed by atoms with Crippen molar-refractivity contribution in [1.82, 2.24) is 24.7 Å². The first-order valence-electron chi connectivity index (χ1n) is 9.96. The number of halogens is 3. The quantitative estimate of drug-likeness (QED) is 0.347. The minimum atomic E-state index is -5.08. The molecule has 11 nitrogen and oxygen atoms in total. The number of H-pyrrole nitrogens is 1. The van der Waals surface area contributed by atoms with E-state index in [1.54, 1.807) is 35.3 Å². The first-order valence-corrected chi connectivity index (χ1v) is 11.9. The number of hydrogen-bond acceptors (Lipinski definition) is 7. The zero-order valence-electron chi connectivity index (χ0n) is 18.4. The van der Waals surface area contributed by atoms with E-state index in [4.69, 9.17) is 9.90 Å². The van der Waals surface area contributed by atoms with Crippen molar-refractivity contribution in [3.8, 4) is 17.3 Å². The lowest BCUT2D eigenvalue weighted by atomic mass is 10.0. The summed E-state index contributed by atoms with van der Waals surface area (Å²) in [7, 11) is -3.40. The molecule has 1 unspecified atom stereocenters. The summed E-state index contributed by atoms with van der Waals surface area (Å²) in [5.74, 6) is -2.76. The number of carboxylic acid groups (broad SMARTS) is 1. The Kier molecular flexibility index (Phi) is 7.59. The number of aromatic amines is 1. The van der Waals surface area contributed by atoms with Crippen molar-refractivity contribution in [2.45, 2.75) is 18.6 Å². The van der Waals surface area contributed by atoms with Crippen molar-refractivity contribution in [2.24, 2.45) is 0 Å². The van der Waals surface area contributed by atoms with Crippen molar-refractivity contribution in [3.63, 3.8) is 0 Å². The number of carboxylic acids is 1. The van der Waals surface area contributed by atoms with E-state index in [1.807, 2.05) is 18.3 Å². The number of nitriles is 1. The van der Waals surface area contributed by atoms with E-state index in [2.05, 4.69) is 30.8 Å². The molecule has 0 bridgehead atoms. The van der Waals surface area contributed by atoms with Crippen LogP contribution in [0.25, 0.3) is 22.3 Å². The summed E-state index contributed by atoms with van der Waals surface area (Å²) in [5, 5.41) is 21.8. The van der Waals surface area contributed by atoms with Crippen LogP contribution in [0.2, 0.25) is 0 Å². The highest BCUT2D eigenvalue weighted by molar-refractivity contribution is 7.92. The Bertz CT molecular complexity index is 1520. The summed E-state index contributed by atoms with van der Waals surface area (Å²) in [5.41, 5.74) is 3.47. The van der Waals surface area contributed by atoms with Gasteiger partial charge in [-0.05, 0) is 23.8 Å². The van der Waals surface area contributed by atoms with Crippen molar-refractivity contribution in [1.29, 1.82) is 5.26 Å². The second-order valence-corrected chi connectivity index (χ2v) is 9.10. The highest BCUT2D eigenvalue weighted by Gasteiger charge is 2.38. The summed E-state index contributed by atoms with van der Waals surface area (Å²) < 4.78 is 58.9. The number of fused-ring (bicyclic) bond motifs is 1. The van der Waals surface area contributed by atoms with E-state index in [-0.39, 0.29) is 12.5 Å². The van der Waals surface area contributed by atoms with Crippen LogP contribution in [0.15, 0.2) is 55.2 Å². The van der Waals surface area contributed by atoms with Gasteiger partial charge in [-0.2, -0.15) is 23.5 Å². The molecule has 15 heteroatoms. The molecule has 0 fully saturated rings. The minimum absolute atomic E-state index is 0.173. The number of aliphatic carboxylic acids is 1. The van der Waals surface area contributed by atoms with Crippen molar-refractivity contribution >= 4 is 32.7 Å². The number of rotatable bonds is 6. The number of carbonyl (C=O) groups is 1. The molecule has 1 aromatic carbocycles. The van der Waals surface area contributed by atoms with E-state index < -0.39 is 22.2 Å². The third-order valence-corrected chi connectivity index (χ3v) is 5.26. The summed E-state index contributed by atoms with van der Waals surface area (Å²) in [6, 6.07) is 10.6. The Balaban J connectivity index is 0.000000454. The van der Waals surface area contributed by atoms with Crippen LogP contribution >= 0.6 is 0 Å². The van der Waals surface area contributed by atoms with Gasteiger partial charge in [-0.25, -0.2) is 23.2 Å². The second-order valence-electron chi connectivity index (χ2n) is 7.35. The number of hydrogen-bond donors (Lipinski definition) is 3. The van der Waals surface area contributed by atoms with Crippen LogP contribution in [0, 0.1) is 11.3 Å². The van der Waals surface area contributed by atoms with Gasteiger partial charge in [-0.15, -0.1) is 0 Å². The fourth-order valence-corrected chi connectivity index (χ4v) is 3.76. The lowest BCUT2D eigenvalue weighted by molar-refractivity contribution is -0.192. The van der Waals surface area contributed by atoms with E-state index in [0.29, 0.717) is 5.69 Å². The van der Waals surface area contributed by atoms with Gasteiger partial charge < -0.3 is 10.1 Å². The molecule has 3 heterocycles. The fourth-order valence-electron chi connectivity index (χ4n) is 3.21. The molecule has 0 radical (unpaired) electrons. The number of benzene rings is 1. The predicted molar refractivity (Wildman–Crippen MR) is 122 cm³/mol. The summed E-state index contributed by atoms with van der Waals surface area (Å²) >= 11 is 0. The lowest BCUT2D eigenvalue weighted by Gasteiger charge is -2.16. The monoisotopic (exact) mass is 521 g/mol. The number of nitrogens with one attached hydrogen (secondary N) is 2. The molecule has 3 N–H and O–H groups in total. The largest absolute Gasteiger partial charge is 0.490 e. The number of sulfonamides is 1. The predicted octanol–water partition coefficient (Wildman–Crippen LogP) is 3.33. The molecule has 188 valence electrons. The van der Waals surface area contributed by atoms with Crippen molar-refractivity contribution < 1.29 is 31.5 Å². The lowest BCUT2D eigenvalue weighted by Crippen LogP contribution is -2.21. The van der Waals surface area contributed by atoms with Gasteiger partial charge in [-0.1, -0.05) is 12.1 Å². The number of anilines is 1. The molecule has 0 saturated heterocycles. The smallest absolute Gasteiger partial charge is 0.475 e. The molecule has 36 heavy (non-hydrogen) atoms. The molecular formula is C21H18F3N7O4S. The third-order valence-electron chi connectivity index (χ3n) is 4.65. The van der Waals surface area contributed by atoms with Crippen molar-refractivity contribution in [2.75, 3.05) is 11.0 Å². The van der Waals surface area contributed by atoms with Crippen LogP contribution in [0.4, 0.5) is 18.9 Å². The van der Waals surface area contributed by atoms with Crippen LogP contribution < -0.4 is 4.72 Å². The zero-order valence-corrected chi connectivity index (χ0v) is 19.2. The van der Waals surface area contributed by atoms with E-state index >= 15 is 0 Å². The Morgan fingerprint density at radius 2 is 2.03 bits per heavy atom. The Morgan fingerprint density at radius 1 is 1.31 bits per heavy atom. The van der Waals surface area contributed by atoms with Gasteiger partial charge in [0, 0.05) is 29.0 Å². The topological polar surface area (TPSA) is 167 Å². The minimum Gasteiger partial charge on any atom is -0.475 e. The van der Waals surface area contributed by atoms with Crippen molar-refractivity contribution in [3.05, 3.63) is 60.8 Å². The van der Waals surface area contributed by atoms with E-state index in [0.717, 1.165) is 34.1 Å². The van der Waals surface area contributed by atoms with E-state index in [1.165, 1.54) is 6.33 Å². The highest BCUT2D eigenvalue weighted by Crippen LogP contribution is 2.28. The fraction of sp³-hybridized carbons (Fsp3) is 0.190. The molecule has 0 aliphatic heterocycles. The van der Waals surface area contributed by atoms with Gasteiger partial charge in [0.2, 0.25) is 10.0 Å². The normalized spacial score (nSPS) is 12.3.